The zero-order chi connectivity index (χ0) is 15.3. The van der Waals surface area contributed by atoms with Gasteiger partial charge in [0.1, 0.15) is 5.60 Å². The first-order chi connectivity index (χ1) is 9.94. The number of carbonyl (C=O) groups excluding carboxylic acids is 1. The number of nitrogens with one attached hydrogen (secondary N) is 1. The summed E-state index contributed by atoms with van der Waals surface area (Å²) in [6, 6.07) is 8.54. The highest BCUT2D eigenvalue weighted by Crippen LogP contribution is 2.22. The van der Waals surface area contributed by atoms with Crippen LogP contribution in [0, 0.1) is 0 Å². The van der Waals surface area contributed by atoms with Crippen LogP contribution in [-0.4, -0.2) is 18.2 Å². The van der Waals surface area contributed by atoms with Crippen molar-refractivity contribution in [3.63, 3.8) is 0 Å². The van der Waals surface area contributed by atoms with Gasteiger partial charge < -0.3 is 10.1 Å². The van der Waals surface area contributed by atoms with E-state index in [1.54, 1.807) is 11.3 Å². The van der Waals surface area contributed by atoms with Gasteiger partial charge in [0, 0.05) is 11.2 Å². The van der Waals surface area contributed by atoms with Gasteiger partial charge in [-0.15, -0.1) is 11.3 Å². The summed E-state index contributed by atoms with van der Waals surface area (Å²) < 4.78 is 6.47. The molecule has 0 unspecified atom stereocenters. The van der Waals surface area contributed by atoms with Gasteiger partial charge in [0.2, 0.25) is 0 Å². The first-order valence-electron chi connectivity index (χ1n) is 7.05. The second-order valence-corrected chi connectivity index (χ2v) is 6.79. The fourth-order valence-corrected chi connectivity index (χ4v) is 2.65. The molecule has 0 spiro atoms. The number of carbonyl (C=O) groups is 1. The van der Waals surface area contributed by atoms with E-state index in [4.69, 9.17) is 4.74 Å². The molecule has 1 aromatic carbocycles. The Labute approximate surface area is 129 Å². The van der Waals surface area contributed by atoms with E-state index in [0.29, 0.717) is 6.54 Å². The van der Waals surface area contributed by atoms with Gasteiger partial charge in [0.05, 0.1) is 0 Å². The highest BCUT2D eigenvalue weighted by atomic mass is 32.1. The van der Waals surface area contributed by atoms with Gasteiger partial charge in [-0.2, -0.15) is 0 Å². The normalized spacial score (nSPS) is 12.0. The minimum absolute atomic E-state index is 0.365. The van der Waals surface area contributed by atoms with E-state index in [0.717, 1.165) is 6.42 Å². The highest BCUT2D eigenvalue weighted by molar-refractivity contribution is 7.17. The third-order valence-electron chi connectivity index (χ3n) is 2.77. The number of rotatable bonds is 4. The molecular weight excluding hydrogens is 282 g/mol. The number of hydrogen-bond acceptors (Lipinski definition) is 3. The minimum Gasteiger partial charge on any atom is -0.444 e. The topological polar surface area (TPSA) is 38.3 Å². The van der Waals surface area contributed by atoms with E-state index in [9.17, 15) is 4.79 Å². The van der Waals surface area contributed by atoms with Crippen molar-refractivity contribution in [2.24, 2.45) is 0 Å². The summed E-state index contributed by atoms with van der Waals surface area (Å²) in [5, 5.41) is 6.11. The maximum Gasteiger partial charge on any atom is 0.407 e. The molecule has 0 atom stereocenters. The van der Waals surface area contributed by atoms with Crippen LogP contribution in [0.2, 0.25) is 0 Å². The molecule has 21 heavy (non-hydrogen) atoms. The lowest BCUT2D eigenvalue weighted by Gasteiger charge is -2.19. The van der Waals surface area contributed by atoms with E-state index in [2.05, 4.69) is 47.1 Å². The molecular formula is C17H21NO2S. The smallest absolute Gasteiger partial charge is 0.407 e. The summed E-state index contributed by atoms with van der Waals surface area (Å²) in [7, 11) is 0. The van der Waals surface area contributed by atoms with E-state index >= 15 is 0 Å². The van der Waals surface area contributed by atoms with Crippen molar-refractivity contribution in [1.82, 2.24) is 5.32 Å². The highest BCUT2D eigenvalue weighted by Gasteiger charge is 2.15. The van der Waals surface area contributed by atoms with Gasteiger partial charge in [-0.1, -0.05) is 18.2 Å². The monoisotopic (exact) mass is 303 g/mol. The predicted molar refractivity (Wildman–Crippen MR) is 89.7 cm³/mol. The number of amides is 1. The third-order valence-corrected chi connectivity index (χ3v) is 3.66. The van der Waals surface area contributed by atoms with Crippen molar-refractivity contribution in [3.05, 3.63) is 41.3 Å². The maximum absolute atomic E-state index is 11.5. The quantitative estimate of drug-likeness (QED) is 0.822. The third kappa shape index (κ3) is 5.23. The second kappa shape index (κ2) is 6.76. The molecule has 0 aliphatic heterocycles. The van der Waals surface area contributed by atoms with Crippen LogP contribution in [0.15, 0.2) is 35.7 Å². The zero-order valence-corrected chi connectivity index (χ0v) is 13.5. The van der Waals surface area contributed by atoms with Crippen molar-refractivity contribution in [2.45, 2.75) is 32.8 Å². The fourth-order valence-electron chi connectivity index (χ4n) is 1.88. The molecule has 0 bridgehead atoms. The maximum atomic E-state index is 11.5. The predicted octanol–water partition coefficient (Wildman–Crippen LogP) is 4.83. The lowest BCUT2D eigenvalue weighted by Crippen LogP contribution is -2.32. The van der Waals surface area contributed by atoms with Crippen LogP contribution < -0.4 is 5.32 Å². The lowest BCUT2D eigenvalue weighted by molar-refractivity contribution is 0.0529. The van der Waals surface area contributed by atoms with Gasteiger partial charge in [-0.3, -0.25) is 0 Å². The van der Waals surface area contributed by atoms with Crippen LogP contribution in [0.1, 0.15) is 32.8 Å². The second-order valence-electron chi connectivity index (χ2n) is 5.84. The Hall–Kier alpha value is -1.81. The average Bonchev–Trinajstić information content (AvgIpc) is 2.83. The molecule has 0 fully saturated rings. The molecule has 2 rings (SSSR count). The Balaban J connectivity index is 1.76. The first-order valence-corrected chi connectivity index (χ1v) is 7.93. The fraction of sp³-hybridized carbons (Fsp3) is 0.353. The van der Waals surface area contributed by atoms with Gasteiger partial charge in [-0.05, 0) is 61.7 Å². The summed E-state index contributed by atoms with van der Waals surface area (Å²) in [6.07, 6.45) is 4.55. The molecule has 112 valence electrons. The van der Waals surface area contributed by atoms with Crippen molar-refractivity contribution < 1.29 is 9.53 Å². The molecule has 1 N–H and O–H groups in total. The van der Waals surface area contributed by atoms with Crippen molar-refractivity contribution in [2.75, 3.05) is 6.54 Å². The molecule has 3 nitrogen and oxygen atoms in total. The summed E-state index contributed by atoms with van der Waals surface area (Å²) in [5.41, 5.74) is 0.730. The number of hydrogen-bond donors (Lipinski definition) is 1. The van der Waals surface area contributed by atoms with E-state index < -0.39 is 5.60 Å². The number of benzene rings is 1. The van der Waals surface area contributed by atoms with Crippen LogP contribution in [0.4, 0.5) is 4.79 Å². The lowest BCUT2D eigenvalue weighted by atomic mass is 10.1. The molecule has 1 aromatic heterocycles. The molecule has 2 aromatic rings. The number of thiophene rings is 1. The van der Waals surface area contributed by atoms with Gasteiger partial charge in [0.25, 0.3) is 0 Å². The van der Waals surface area contributed by atoms with Gasteiger partial charge in [-0.25, -0.2) is 4.79 Å². The largest absolute Gasteiger partial charge is 0.444 e. The van der Waals surface area contributed by atoms with E-state index in [1.165, 1.54) is 15.6 Å². The van der Waals surface area contributed by atoms with Crippen LogP contribution in [0.3, 0.4) is 0 Å². The molecule has 0 saturated carbocycles. The summed E-state index contributed by atoms with van der Waals surface area (Å²) >= 11 is 1.75. The summed E-state index contributed by atoms with van der Waals surface area (Å²) in [5.74, 6) is 0. The zero-order valence-electron chi connectivity index (χ0n) is 12.7. The van der Waals surface area contributed by atoms with Crippen LogP contribution in [-0.2, 0) is 4.74 Å². The van der Waals surface area contributed by atoms with Gasteiger partial charge >= 0.3 is 6.09 Å². The molecule has 0 radical (unpaired) electrons. The minimum atomic E-state index is -0.449. The van der Waals surface area contributed by atoms with E-state index in [-0.39, 0.29) is 6.09 Å². The van der Waals surface area contributed by atoms with Crippen molar-refractivity contribution >= 4 is 33.6 Å². The Morgan fingerprint density at radius 3 is 2.90 bits per heavy atom. The Bertz CT molecular complexity index is 638. The van der Waals surface area contributed by atoms with Crippen molar-refractivity contribution in [3.8, 4) is 0 Å². The van der Waals surface area contributed by atoms with Crippen LogP contribution >= 0.6 is 11.3 Å². The molecule has 0 aliphatic carbocycles. The molecule has 0 saturated heterocycles. The van der Waals surface area contributed by atoms with Crippen LogP contribution in [0.5, 0.6) is 0 Å². The summed E-state index contributed by atoms with van der Waals surface area (Å²) in [4.78, 5) is 11.5. The standard InChI is InChI=1S/C17H21NO2S/c1-17(2,3)20-16(19)18-10-5-4-6-13-7-8-15-14(12-13)9-11-21-15/h4,6-9,11-12H,5,10H2,1-3H3,(H,18,19). The van der Waals surface area contributed by atoms with Gasteiger partial charge in [0.15, 0.2) is 0 Å². The molecule has 1 heterocycles. The number of ether oxygens (including phenoxy) is 1. The number of alkyl carbamates (subject to hydrolysis) is 1. The SMILES string of the molecule is CC(C)(C)OC(=O)NCCC=Cc1ccc2sccc2c1. The first kappa shape index (κ1) is 15.6. The molecule has 1 amide bonds. The Morgan fingerprint density at radius 1 is 1.33 bits per heavy atom. The molecule has 0 aliphatic rings. The van der Waals surface area contributed by atoms with E-state index in [1.807, 2.05) is 20.8 Å². The van der Waals surface area contributed by atoms with Crippen molar-refractivity contribution in [1.29, 1.82) is 0 Å². The van der Waals surface area contributed by atoms with Crippen LogP contribution in [0.25, 0.3) is 16.2 Å². The average molecular weight is 303 g/mol. The Kier molecular flexibility index (Phi) is 5.02. The summed E-state index contributed by atoms with van der Waals surface area (Å²) in [6.45, 7) is 6.14. The molecule has 4 heteroatoms. The number of fused-ring (bicyclic) bond motifs is 1. The Morgan fingerprint density at radius 2 is 2.14 bits per heavy atom.